The van der Waals surface area contributed by atoms with Crippen molar-refractivity contribution in [2.45, 2.75) is 37.9 Å². The van der Waals surface area contributed by atoms with E-state index in [4.69, 9.17) is 6.42 Å². The fraction of sp³-hybridized carbons (Fsp3) is 0.375. The van der Waals surface area contributed by atoms with Gasteiger partial charge in [-0.05, 0) is 12.1 Å². The highest BCUT2D eigenvalue weighted by Gasteiger charge is 2.39. The van der Waals surface area contributed by atoms with Gasteiger partial charge in [-0.25, -0.2) is 4.98 Å². The first-order valence-electron chi connectivity index (χ1n) is 7.28. The van der Waals surface area contributed by atoms with Crippen LogP contribution in [0.15, 0.2) is 40.8 Å². The van der Waals surface area contributed by atoms with Gasteiger partial charge in [-0.15, -0.1) is 12.3 Å². The molecule has 1 amide bonds. The van der Waals surface area contributed by atoms with Gasteiger partial charge in [0.25, 0.3) is 0 Å². The topological polar surface area (TPSA) is 71.1 Å². The number of carbonyl (C=O) groups is 1. The molecule has 0 fully saturated rings. The number of pyridine rings is 1. The number of fused-ring (bicyclic) bond motifs is 1. The molecule has 6 heteroatoms. The van der Waals surface area contributed by atoms with Crippen LogP contribution in [0.4, 0.5) is 0 Å². The minimum Gasteiger partial charge on any atom is -0.350 e. The molecule has 0 bridgehead atoms. The molecule has 0 saturated carbocycles. The summed E-state index contributed by atoms with van der Waals surface area (Å²) < 4.78 is 1.93. The number of hydrogen-bond donors (Lipinski definition) is 1. The van der Waals surface area contributed by atoms with Crippen LogP contribution in [-0.4, -0.2) is 21.0 Å². The van der Waals surface area contributed by atoms with Crippen molar-refractivity contribution in [1.29, 1.82) is 0 Å². The van der Waals surface area contributed by atoms with Crippen molar-refractivity contribution in [2.24, 2.45) is 10.2 Å². The van der Waals surface area contributed by atoms with E-state index in [0.717, 1.165) is 17.8 Å². The Labute approximate surface area is 128 Å². The van der Waals surface area contributed by atoms with Crippen LogP contribution in [0.25, 0.3) is 5.65 Å². The molecule has 1 aliphatic rings. The molecular formula is C16H17N5O. The average molecular weight is 295 g/mol. The molecule has 0 radical (unpaired) electrons. The van der Waals surface area contributed by atoms with Crippen LogP contribution < -0.4 is 5.32 Å². The van der Waals surface area contributed by atoms with Crippen molar-refractivity contribution in [2.75, 3.05) is 0 Å². The molecule has 1 aliphatic heterocycles. The number of aromatic nitrogens is 2. The van der Waals surface area contributed by atoms with Gasteiger partial charge in [-0.2, -0.15) is 10.2 Å². The van der Waals surface area contributed by atoms with Gasteiger partial charge in [-0.3, -0.25) is 4.79 Å². The number of nitrogens with one attached hydrogen (secondary N) is 1. The zero-order chi connectivity index (χ0) is 15.4. The third-order valence-corrected chi connectivity index (χ3v) is 3.69. The van der Waals surface area contributed by atoms with Crippen molar-refractivity contribution in [3.63, 3.8) is 0 Å². The van der Waals surface area contributed by atoms with Crippen LogP contribution in [0.5, 0.6) is 0 Å². The molecule has 6 nitrogen and oxygen atoms in total. The molecular weight excluding hydrogens is 278 g/mol. The fourth-order valence-electron chi connectivity index (χ4n) is 2.33. The van der Waals surface area contributed by atoms with Gasteiger partial charge in [-0.1, -0.05) is 6.07 Å². The van der Waals surface area contributed by atoms with Crippen LogP contribution in [0, 0.1) is 12.3 Å². The molecule has 0 unspecified atom stereocenters. The third kappa shape index (κ3) is 3.31. The van der Waals surface area contributed by atoms with Crippen LogP contribution in [0.3, 0.4) is 0 Å². The van der Waals surface area contributed by atoms with Gasteiger partial charge in [0.2, 0.25) is 5.91 Å². The standard InChI is InChI=1S/C16H17N5O/c1-2-3-8-16(19-20-16)9-7-15(22)17-11-13-12-21-10-5-4-6-14(21)18-13/h1,4-6,10,12H,3,7-9,11H2,(H,17,22). The molecule has 0 aliphatic carbocycles. The molecule has 22 heavy (non-hydrogen) atoms. The molecule has 112 valence electrons. The Balaban J connectivity index is 1.45. The molecule has 0 spiro atoms. The first kappa shape index (κ1) is 14.3. The monoisotopic (exact) mass is 295 g/mol. The van der Waals surface area contributed by atoms with Crippen molar-refractivity contribution < 1.29 is 4.79 Å². The van der Waals surface area contributed by atoms with Gasteiger partial charge in [0.05, 0.1) is 12.2 Å². The van der Waals surface area contributed by atoms with Gasteiger partial charge in [0.15, 0.2) is 5.66 Å². The molecule has 0 saturated heterocycles. The van der Waals surface area contributed by atoms with Crippen LogP contribution >= 0.6 is 0 Å². The SMILES string of the molecule is C#CCCC1(CCC(=O)NCc2cn3ccccc3n2)N=N1. The Kier molecular flexibility index (Phi) is 3.88. The van der Waals surface area contributed by atoms with Crippen LogP contribution in [-0.2, 0) is 11.3 Å². The molecule has 2 aromatic heterocycles. The van der Waals surface area contributed by atoms with E-state index in [9.17, 15) is 4.79 Å². The number of hydrogen-bond acceptors (Lipinski definition) is 4. The van der Waals surface area contributed by atoms with E-state index in [0.29, 0.717) is 25.8 Å². The smallest absolute Gasteiger partial charge is 0.220 e. The molecule has 1 N–H and O–H groups in total. The number of nitrogens with zero attached hydrogens (tertiary/aromatic N) is 4. The first-order chi connectivity index (χ1) is 10.7. The Morgan fingerprint density at radius 3 is 2.95 bits per heavy atom. The van der Waals surface area contributed by atoms with E-state index in [1.54, 1.807) is 0 Å². The summed E-state index contributed by atoms with van der Waals surface area (Å²) in [5.41, 5.74) is 1.31. The summed E-state index contributed by atoms with van der Waals surface area (Å²) in [5.74, 6) is 2.56. The third-order valence-electron chi connectivity index (χ3n) is 3.69. The summed E-state index contributed by atoms with van der Waals surface area (Å²) in [6.45, 7) is 0.423. The lowest BCUT2D eigenvalue weighted by molar-refractivity contribution is -0.121. The van der Waals surface area contributed by atoms with Gasteiger partial charge in [0, 0.05) is 38.1 Å². The van der Waals surface area contributed by atoms with Crippen molar-refractivity contribution in [1.82, 2.24) is 14.7 Å². The van der Waals surface area contributed by atoms with E-state index in [2.05, 4.69) is 26.4 Å². The molecule has 0 atom stereocenters. The molecule has 2 aromatic rings. The number of rotatable bonds is 7. The lowest BCUT2D eigenvalue weighted by Gasteiger charge is -2.08. The maximum atomic E-state index is 11.9. The lowest BCUT2D eigenvalue weighted by Crippen LogP contribution is -2.25. The van der Waals surface area contributed by atoms with E-state index >= 15 is 0 Å². The summed E-state index contributed by atoms with van der Waals surface area (Å²) in [6, 6.07) is 5.80. The largest absolute Gasteiger partial charge is 0.350 e. The van der Waals surface area contributed by atoms with E-state index < -0.39 is 5.66 Å². The zero-order valence-corrected chi connectivity index (χ0v) is 12.2. The Bertz CT molecular complexity index is 716. The molecule has 3 rings (SSSR count). The number of terminal acetylenes is 1. The maximum Gasteiger partial charge on any atom is 0.220 e. The van der Waals surface area contributed by atoms with Gasteiger partial charge >= 0.3 is 0 Å². The van der Waals surface area contributed by atoms with Crippen molar-refractivity contribution in [3.8, 4) is 12.3 Å². The zero-order valence-electron chi connectivity index (χ0n) is 12.2. The Hall–Kier alpha value is -2.68. The number of carbonyl (C=O) groups excluding carboxylic acids is 1. The minimum absolute atomic E-state index is 0.0190. The summed E-state index contributed by atoms with van der Waals surface area (Å²) in [4.78, 5) is 16.3. The number of imidazole rings is 1. The highest BCUT2D eigenvalue weighted by atomic mass is 16.1. The highest BCUT2D eigenvalue weighted by molar-refractivity contribution is 5.76. The average Bonchev–Trinajstić information content (AvgIpc) is 3.18. The minimum atomic E-state index is -0.396. The summed E-state index contributed by atoms with van der Waals surface area (Å²) in [6.07, 6.45) is 11.5. The van der Waals surface area contributed by atoms with Crippen molar-refractivity contribution >= 4 is 11.6 Å². The Morgan fingerprint density at radius 2 is 2.23 bits per heavy atom. The van der Waals surface area contributed by atoms with Gasteiger partial charge < -0.3 is 9.72 Å². The predicted molar refractivity (Wildman–Crippen MR) is 81.9 cm³/mol. The first-order valence-corrected chi connectivity index (χ1v) is 7.28. The van der Waals surface area contributed by atoms with Gasteiger partial charge in [0.1, 0.15) is 5.65 Å². The normalized spacial score (nSPS) is 14.7. The second-order valence-electron chi connectivity index (χ2n) is 5.36. The van der Waals surface area contributed by atoms with Crippen LogP contribution in [0.1, 0.15) is 31.4 Å². The quantitative estimate of drug-likeness (QED) is 0.796. The Morgan fingerprint density at radius 1 is 1.36 bits per heavy atom. The molecule has 0 aromatic carbocycles. The summed E-state index contributed by atoms with van der Waals surface area (Å²) in [7, 11) is 0. The van der Waals surface area contributed by atoms with E-state index in [-0.39, 0.29) is 5.91 Å². The summed E-state index contributed by atoms with van der Waals surface area (Å²) in [5, 5.41) is 10.9. The van der Waals surface area contributed by atoms with Crippen molar-refractivity contribution in [3.05, 3.63) is 36.3 Å². The second kappa shape index (κ2) is 5.98. The number of amides is 1. The molecule has 3 heterocycles. The van der Waals surface area contributed by atoms with E-state index in [1.807, 2.05) is 35.0 Å². The lowest BCUT2D eigenvalue weighted by atomic mass is 10.0. The summed E-state index contributed by atoms with van der Waals surface area (Å²) >= 11 is 0. The van der Waals surface area contributed by atoms with E-state index in [1.165, 1.54) is 0 Å². The highest BCUT2D eigenvalue weighted by Crippen LogP contribution is 2.37. The maximum absolute atomic E-state index is 11.9. The van der Waals surface area contributed by atoms with Crippen LogP contribution in [0.2, 0.25) is 0 Å². The fourth-order valence-corrected chi connectivity index (χ4v) is 2.33. The predicted octanol–water partition coefficient (Wildman–Crippen LogP) is 2.31. The second-order valence-corrected chi connectivity index (χ2v) is 5.36.